The second kappa shape index (κ2) is 8.24. The highest BCUT2D eigenvalue weighted by molar-refractivity contribution is 6.30. The van der Waals surface area contributed by atoms with Gasteiger partial charge in [-0.3, -0.25) is 9.91 Å². The first-order chi connectivity index (χ1) is 12.4. The molecule has 0 bridgehead atoms. The van der Waals surface area contributed by atoms with Crippen molar-refractivity contribution in [3.8, 4) is 0 Å². The maximum absolute atomic E-state index is 5.95. The maximum Gasteiger partial charge on any atom is 0.0542 e. The number of piperazine rings is 1. The Hall–Kier alpha value is -1.84. The van der Waals surface area contributed by atoms with Gasteiger partial charge in [-0.05, 0) is 34.2 Å². The van der Waals surface area contributed by atoms with Crippen molar-refractivity contribution in [3.63, 3.8) is 0 Å². The summed E-state index contributed by atoms with van der Waals surface area (Å²) in [6.07, 6.45) is 1.97. The topological polar surface area (TPSA) is 18.8 Å². The highest BCUT2D eigenvalue weighted by Gasteiger charge is 2.15. The largest absolute Gasteiger partial charge is 0.295 e. The van der Waals surface area contributed by atoms with Gasteiger partial charge in [0.15, 0.2) is 0 Å². The summed E-state index contributed by atoms with van der Waals surface area (Å²) in [5, 5.41) is 7.62. The normalized spacial score (nSPS) is 16.4. The molecule has 26 heavy (non-hydrogen) atoms. The average molecular weight is 370 g/mol. The van der Waals surface area contributed by atoms with Gasteiger partial charge in [-0.1, -0.05) is 68.8 Å². The lowest BCUT2D eigenvalue weighted by Crippen LogP contribution is -2.43. The van der Waals surface area contributed by atoms with Crippen LogP contribution in [0.25, 0.3) is 0 Å². The minimum absolute atomic E-state index is 0.191. The summed E-state index contributed by atoms with van der Waals surface area (Å²) >= 11 is 5.95. The van der Waals surface area contributed by atoms with Gasteiger partial charge in [0.2, 0.25) is 0 Å². The highest BCUT2D eigenvalue weighted by Crippen LogP contribution is 2.21. The molecule has 2 aromatic carbocycles. The van der Waals surface area contributed by atoms with Gasteiger partial charge in [-0.25, -0.2) is 0 Å². The van der Waals surface area contributed by atoms with E-state index in [2.05, 4.69) is 72.2 Å². The SMILES string of the molecule is CC(C)(C)c1ccc(/C=N/N2CCN(Cc3ccc(Cl)cc3)CC2)cc1. The molecule has 1 aliphatic rings. The third kappa shape index (κ3) is 5.33. The zero-order valence-electron chi connectivity index (χ0n) is 16.0. The van der Waals surface area contributed by atoms with Gasteiger partial charge in [-0.15, -0.1) is 0 Å². The lowest BCUT2D eigenvalue weighted by atomic mass is 9.87. The maximum atomic E-state index is 5.95. The molecule has 138 valence electrons. The Bertz CT molecular complexity index is 721. The van der Waals surface area contributed by atoms with E-state index in [1.54, 1.807) is 0 Å². The Morgan fingerprint density at radius 2 is 1.54 bits per heavy atom. The first-order valence-electron chi connectivity index (χ1n) is 9.26. The van der Waals surface area contributed by atoms with Crippen molar-refractivity contribution in [3.05, 3.63) is 70.2 Å². The monoisotopic (exact) mass is 369 g/mol. The summed E-state index contributed by atoms with van der Waals surface area (Å²) in [5.41, 5.74) is 4.01. The highest BCUT2D eigenvalue weighted by atomic mass is 35.5. The predicted octanol–water partition coefficient (Wildman–Crippen LogP) is 4.79. The lowest BCUT2D eigenvalue weighted by molar-refractivity contribution is 0.131. The quantitative estimate of drug-likeness (QED) is 0.721. The second-order valence-electron chi connectivity index (χ2n) is 7.97. The van der Waals surface area contributed by atoms with Crippen LogP contribution in [0.3, 0.4) is 0 Å². The smallest absolute Gasteiger partial charge is 0.0542 e. The minimum atomic E-state index is 0.191. The molecule has 0 aliphatic carbocycles. The zero-order chi connectivity index (χ0) is 18.6. The van der Waals surface area contributed by atoms with E-state index in [-0.39, 0.29) is 5.41 Å². The summed E-state index contributed by atoms with van der Waals surface area (Å²) in [4.78, 5) is 2.47. The van der Waals surface area contributed by atoms with Crippen molar-refractivity contribution in [2.24, 2.45) is 5.10 Å². The molecule has 0 saturated carbocycles. The zero-order valence-corrected chi connectivity index (χ0v) is 16.7. The van der Waals surface area contributed by atoms with Crippen molar-refractivity contribution in [2.75, 3.05) is 26.2 Å². The standard InChI is InChI=1S/C22H28ClN3/c1-22(2,3)20-8-4-18(5-9-20)16-24-26-14-12-25(13-15-26)17-19-6-10-21(23)11-7-19/h4-11,16H,12-15,17H2,1-3H3/b24-16+. The van der Waals surface area contributed by atoms with Gasteiger partial charge in [0.1, 0.15) is 0 Å². The minimum Gasteiger partial charge on any atom is -0.295 e. The summed E-state index contributed by atoms with van der Waals surface area (Å²) in [7, 11) is 0. The Morgan fingerprint density at radius 1 is 0.923 bits per heavy atom. The molecule has 4 heteroatoms. The van der Waals surface area contributed by atoms with Gasteiger partial charge in [-0.2, -0.15) is 5.10 Å². The number of hydrogen-bond acceptors (Lipinski definition) is 3. The van der Waals surface area contributed by atoms with Crippen LogP contribution in [0.2, 0.25) is 5.02 Å². The second-order valence-corrected chi connectivity index (χ2v) is 8.41. The summed E-state index contributed by atoms with van der Waals surface area (Å²) in [6, 6.07) is 16.8. The van der Waals surface area contributed by atoms with Crippen molar-refractivity contribution < 1.29 is 0 Å². The van der Waals surface area contributed by atoms with Crippen LogP contribution in [-0.2, 0) is 12.0 Å². The van der Waals surface area contributed by atoms with Crippen molar-refractivity contribution >= 4 is 17.8 Å². The molecule has 1 saturated heterocycles. The van der Waals surface area contributed by atoms with E-state index >= 15 is 0 Å². The molecule has 2 aromatic rings. The Kier molecular flexibility index (Phi) is 6.00. The molecule has 1 fully saturated rings. The molecule has 0 spiro atoms. The molecule has 0 radical (unpaired) electrons. The van der Waals surface area contributed by atoms with Gasteiger partial charge in [0.05, 0.1) is 6.21 Å². The van der Waals surface area contributed by atoms with Crippen LogP contribution in [0.4, 0.5) is 0 Å². The molecule has 0 N–H and O–H groups in total. The van der Waals surface area contributed by atoms with E-state index in [1.165, 1.54) is 11.1 Å². The molecule has 0 atom stereocenters. The molecule has 0 aromatic heterocycles. The number of hydrogen-bond donors (Lipinski definition) is 0. The number of rotatable bonds is 4. The molecule has 1 aliphatic heterocycles. The van der Waals surface area contributed by atoms with Crippen LogP contribution in [0.1, 0.15) is 37.5 Å². The number of nitrogens with zero attached hydrogens (tertiary/aromatic N) is 3. The van der Waals surface area contributed by atoms with Gasteiger partial charge in [0.25, 0.3) is 0 Å². The van der Waals surface area contributed by atoms with E-state index in [0.717, 1.165) is 43.3 Å². The van der Waals surface area contributed by atoms with E-state index in [4.69, 9.17) is 11.6 Å². The molecule has 1 heterocycles. The van der Waals surface area contributed by atoms with E-state index in [9.17, 15) is 0 Å². The van der Waals surface area contributed by atoms with Crippen LogP contribution < -0.4 is 0 Å². The summed E-state index contributed by atoms with van der Waals surface area (Å²) in [6.45, 7) is 11.7. The number of halogens is 1. The fourth-order valence-corrected chi connectivity index (χ4v) is 3.20. The van der Waals surface area contributed by atoms with Crippen molar-refractivity contribution in [1.82, 2.24) is 9.91 Å². The summed E-state index contributed by atoms with van der Waals surface area (Å²) in [5.74, 6) is 0. The molecular weight excluding hydrogens is 342 g/mol. The van der Waals surface area contributed by atoms with Crippen LogP contribution in [-0.4, -0.2) is 42.3 Å². The fraction of sp³-hybridized carbons (Fsp3) is 0.409. The van der Waals surface area contributed by atoms with E-state index < -0.39 is 0 Å². The Balaban J connectivity index is 1.49. The first kappa shape index (κ1) is 18.9. The van der Waals surface area contributed by atoms with Gasteiger partial charge < -0.3 is 0 Å². The molecule has 0 amide bonds. The lowest BCUT2D eigenvalue weighted by Gasteiger charge is -2.33. The van der Waals surface area contributed by atoms with E-state index in [1.807, 2.05) is 18.3 Å². The van der Waals surface area contributed by atoms with Crippen LogP contribution in [0.5, 0.6) is 0 Å². The Labute approximate surface area is 162 Å². The van der Waals surface area contributed by atoms with Gasteiger partial charge in [0, 0.05) is 37.7 Å². The number of benzene rings is 2. The van der Waals surface area contributed by atoms with Crippen molar-refractivity contribution in [1.29, 1.82) is 0 Å². The number of hydrazone groups is 1. The van der Waals surface area contributed by atoms with Crippen LogP contribution in [0, 0.1) is 0 Å². The van der Waals surface area contributed by atoms with Gasteiger partial charge >= 0.3 is 0 Å². The summed E-state index contributed by atoms with van der Waals surface area (Å²) < 4.78 is 0. The Morgan fingerprint density at radius 3 is 2.12 bits per heavy atom. The molecule has 3 rings (SSSR count). The van der Waals surface area contributed by atoms with Crippen LogP contribution >= 0.6 is 11.6 Å². The molecular formula is C22H28ClN3. The third-order valence-electron chi connectivity index (χ3n) is 4.81. The average Bonchev–Trinajstić information content (AvgIpc) is 2.63. The van der Waals surface area contributed by atoms with Crippen molar-refractivity contribution in [2.45, 2.75) is 32.7 Å². The predicted molar refractivity (Wildman–Crippen MR) is 111 cm³/mol. The van der Waals surface area contributed by atoms with E-state index in [0.29, 0.717) is 0 Å². The van der Waals surface area contributed by atoms with Crippen LogP contribution in [0.15, 0.2) is 53.6 Å². The molecule has 0 unspecified atom stereocenters. The molecule has 3 nitrogen and oxygen atoms in total. The fourth-order valence-electron chi connectivity index (χ4n) is 3.08. The third-order valence-corrected chi connectivity index (χ3v) is 5.07. The first-order valence-corrected chi connectivity index (χ1v) is 9.64.